The maximum Gasteiger partial charge on any atom is 0.306 e. The molecule has 0 aromatic heterocycles. The third-order valence-corrected chi connectivity index (χ3v) is 6.22. The standard InChI is InChI=1S/C28H42O5/c1-21(2)33-28(32)17-9-4-3-8-16-24-25(27(31)20-26(24)30)19-18-23(29)15-11-10-14-22-12-6-5-7-13-22/h3,5-8,12-13,18-19,21,23-27,29-31H,4,9-11,14-17,20H2,1-2H3/b8-3-,19-18+/t23-,24+,25+,26-,27+/m0/s1. The van der Waals surface area contributed by atoms with E-state index in [4.69, 9.17) is 4.74 Å². The van der Waals surface area contributed by atoms with Crippen LogP contribution in [0.1, 0.15) is 70.8 Å². The van der Waals surface area contributed by atoms with Crippen LogP contribution in [0.3, 0.4) is 0 Å². The first-order valence-electron chi connectivity index (χ1n) is 12.5. The quantitative estimate of drug-likeness (QED) is 0.213. The minimum absolute atomic E-state index is 0.0660. The molecule has 33 heavy (non-hydrogen) atoms. The van der Waals surface area contributed by atoms with Crippen molar-refractivity contribution < 1.29 is 24.9 Å². The van der Waals surface area contributed by atoms with E-state index in [9.17, 15) is 20.1 Å². The van der Waals surface area contributed by atoms with E-state index < -0.39 is 18.3 Å². The maximum atomic E-state index is 11.6. The van der Waals surface area contributed by atoms with Crippen molar-refractivity contribution >= 4 is 5.97 Å². The molecule has 1 aliphatic carbocycles. The van der Waals surface area contributed by atoms with E-state index >= 15 is 0 Å². The van der Waals surface area contributed by atoms with Gasteiger partial charge < -0.3 is 20.1 Å². The second-order valence-electron chi connectivity index (χ2n) is 9.43. The number of allylic oxidation sites excluding steroid dienone is 2. The molecule has 0 bridgehead atoms. The summed E-state index contributed by atoms with van der Waals surface area (Å²) in [6, 6.07) is 10.4. The first-order valence-corrected chi connectivity index (χ1v) is 12.5. The number of aliphatic hydroxyl groups is 3. The summed E-state index contributed by atoms with van der Waals surface area (Å²) < 4.78 is 5.12. The van der Waals surface area contributed by atoms with Gasteiger partial charge in [0, 0.05) is 18.8 Å². The first kappa shape index (κ1) is 27.3. The predicted octanol–water partition coefficient (Wildman–Crippen LogP) is 4.74. The number of benzene rings is 1. The van der Waals surface area contributed by atoms with Gasteiger partial charge in [-0.2, -0.15) is 0 Å². The van der Waals surface area contributed by atoms with Crippen LogP contribution in [-0.4, -0.2) is 45.7 Å². The molecule has 0 heterocycles. The van der Waals surface area contributed by atoms with Gasteiger partial charge in [-0.3, -0.25) is 4.79 Å². The van der Waals surface area contributed by atoms with Crippen LogP contribution < -0.4 is 0 Å². The molecule has 1 aromatic carbocycles. The van der Waals surface area contributed by atoms with E-state index in [1.165, 1.54) is 5.56 Å². The second kappa shape index (κ2) is 15.0. The molecule has 0 amide bonds. The van der Waals surface area contributed by atoms with Crippen LogP contribution in [0.2, 0.25) is 0 Å². The highest BCUT2D eigenvalue weighted by Gasteiger charge is 2.39. The van der Waals surface area contributed by atoms with Crippen LogP contribution >= 0.6 is 0 Å². The number of unbranched alkanes of at least 4 members (excludes halogenated alkanes) is 2. The third kappa shape index (κ3) is 10.7. The van der Waals surface area contributed by atoms with E-state index in [-0.39, 0.29) is 23.9 Å². The fraction of sp³-hybridized carbons (Fsp3) is 0.607. The van der Waals surface area contributed by atoms with Crippen LogP contribution in [-0.2, 0) is 16.0 Å². The summed E-state index contributed by atoms with van der Waals surface area (Å²) in [5.74, 6) is -0.398. The lowest BCUT2D eigenvalue weighted by molar-refractivity contribution is -0.147. The molecule has 5 nitrogen and oxygen atoms in total. The van der Waals surface area contributed by atoms with E-state index in [1.54, 1.807) is 6.08 Å². The molecule has 0 spiro atoms. The highest BCUT2D eigenvalue weighted by molar-refractivity contribution is 5.69. The molecule has 1 aromatic rings. The summed E-state index contributed by atoms with van der Waals surface area (Å²) >= 11 is 0. The van der Waals surface area contributed by atoms with Crippen LogP contribution in [0.5, 0.6) is 0 Å². The summed E-state index contributed by atoms with van der Waals surface area (Å²) in [5, 5.41) is 31.1. The van der Waals surface area contributed by atoms with Gasteiger partial charge in [0.15, 0.2) is 0 Å². The number of ether oxygens (including phenoxy) is 1. The zero-order chi connectivity index (χ0) is 24.1. The Morgan fingerprint density at radius 2 is 1.85 bits per heavy atom. The lowest BCUT2D eigenvalue weighted by atomic mass is 9.89. The van der Waals surface area contributed by atoms with Gasteiger partial charge in [0.05, 0.1) is 24.4 Å². The largest absolute Gasteiger partial charge is 0.463 e. The normalized spacial score (nSPS) is 24.2. The number of carbonyl (C=O) groups excluding carboxylic acids is 1. The summed E-state index contributed by atoms with van der Waals surface area (Å²) in [6.07, 6.45) is 12.6. The Morgan fingerprint density at radius 1 is 1.09 bits per heavy atom. The lowest BCUT2D eigenvalue weighted by Gasteiger charge is -2.19. The zero-order valence-electron chi connectivity index (χ0n) is 20.2. The molecule has 5 heteroatoms. The molecule has 184 valence electrons. The highest BCUT2D eigenvalue weighted by Crippen LogP contribution is 2.36. The minimum Gasteiger partial charge on any atom is -0.463 e. The second-order valence-corrected chi connectivity index (χ2v) is 9.43. The van der Waals surface area contributed by atoms with Gasteiger partial charge in [0.2, 0.25) is 0 Å². The molecule has 5 atom stereocenters. The molecule has 1 aliphatic rings. The fourth-order valence-corrected chi connectivity index (χ4v) is 4.44. The molecule has 1 fully saturated rings. The van der Waals surface area contributed by atoms with Crippen molar-refractivity contribution in [1.29, 1.82) is 0 Å². The number of aliphatic hydroxyl groups excluding tert-OH is 3. The number of hydrogen-bond donors (Lipinski definition) is 3. The summed E-state index contributed by atoms with van der Waals surface area (Å²) in [5.41, 5.74) is 1.32. The van der Waals surface area contributed by atoms with Gasteiger partial charge in [0.25, 0.3) is 0 Å². The number of aryl methyl sites for hydroxylation is 1. The van der Waals surface area contributed by atoms with Crippen molar-refractivity contribution in [2.75, 3.05) is 0 Å². The van der Waals surface area contributed by atoms with Gasteiger partial charge >= 0.3 is 5.97 Å². The molecular weight excluding hydrogens is 416 g/mol. The summed E-state index contributed by atoms with van der Waals surface area (Å²) in [7, 11) is 0. The van der Waals surface area contributed by atoms with Gasteiger partial charge in [-0.05, 0) is 63.9 Å². The molecule has 0 saturated heterocycles. The Morgan fingerprint density at radius 3 is 2.58 bits per heavy atom. The predicted molar refractivity (Wildman–Crippen MR) is 132 cm³/mol. The monoisotopic (exact) mass is 458 g/mol. The Bertz CT molecular complexity index is 727. The van der Waals surface area contributed by atoms with Crippen LogP contribution in [0.4, 0.5) is 0 Å². The van der Waals surface area contributed by atoms with E-state index in [0.717, 1.165) is 32.1 Å². The number of carbonyl (C=O) groups is 1. The molecular formula is C28H42O5. The Balaban J connectivity index is 1.70. The summed E-state index contributed by atoms with van der Waals surface area (Å²) in [6.45, 7) is 3.68. The average molecular weight is 459 g/mol. The summed E-state index contributed by atoms with van der Waals surface area (Å²) in [4.78, 5) is 11.6. The van der Waals surface area contributed by atoms with Crippen molar-refractivity contribution in [3.8, 4) is 0 Å². The molecule has 0 radical (unpaired) electrons. The van der Waals surface area contributed by atoms with Crippen LogP contribution in [0.15, 0.2) is 54.6 Å². The van der Waals surface area contributed by atoms with Crippen molar-refractivity contribution in [3.05, 3.63) is 60.2 Å². The number of rotatable bonds is 14. The molecule has 0 aliphatic heterocycles. The van der Waals surface area contributed by atoms with Gasteiger partial charge in [-0.15, -0.1) is 0 Å². The van der Waals surface area contributed by atoms with Crippen molar-refractivity contribution in [1.82, 2.24) is 0 Å². The van der Waals surface area contributed by atoms with Crippen LogP contribution in [0.25, 0.3) is 0 Å². The first-order chi connectivity index (χ1) is 15.9. The highest BCUT2D eigenvalue weighted by atomic mass is 16.5. The molecule has 1 saturated carbocycles. The van der Waals surface area contributed by atoms with Gasteiger partial charge in [-0.1, -0.05) is 61.1 Å². The van der Waals surface area contributed by atoms with Crippen molar-refractivity contribution in [3.63, 3.8) is 0 Å². The number of hydrogen-bond acceptors (Lipinski definition) is 5. The van der Waals surface area contributed by atoms with Gasteiger partial charge in [0.1, 0.15) is 0 Å². The Kier molecular flexibility index (Phi) is 12.4. The fourth-order valence-electron chi connectivity index (χ4n) is 4.44. The van der Waals surface area contributed by atoms with E-state index in [0.29, 0.717) is 25.7 Å². The van der Waals surface area contributed by atoms with Crippen molar-refractivity contribution in [2.45, 2.75) is 96.1 Å². The smallest absolute Gasteiger partial charge is 0.306 e. The average Bonchev–Trinajstić information content (AvgIpc) is 3.04. The minimum atomic E-state index is -0.592. The SMILES string of the molecule is CC(C)OC(=O)CCC/C=C\C[C@@H]1[C@@H](/C=C/[C@@H](O)CCCCc2ccccc2)[C@H](O)C[C@@H]1O. The lowest BCUT2D eigenvalue weighted by Crippen LogP contribution is -2.20. The molecule has 0 unspecified atom stereocenters. The van der Waals surface area contributed by atoms with E-state index in [2.05, 4.69) is 12.1 Å². The third-order valence-electron chi connectivity index (χ3n) is 6.22. The Labute approximate surface area is 199 Å². The van der Waals surface area contributed by atoms with Gasteiger partial charge in [-0.25, -0.2) is 0 Å². The molecule has 3 N–H and O–H groups in total. The van der Waals surface area contributed by atoms with Crippen LogP contribution in [0, 0.1) is 11.8 Å². The Hall–Kier alpha value is -1.95. The number of esters is 1. The zero-order valence-corrected chi connectivity index (χ0v) is 20.2. The van der Waals surface area contributed by atoms with Crippen molar-refractivity contribution in [2.24, 2.45) is 11.8 Å². The maximum absolute atomic E-state index is 11.6. The topological polar surface area (TPSA) is 87.0 Å². The van der Waals surface area contributed by atoms with E-state index in [1.807, 2.05) is 50.3 Å². The molecule has 2 rings (SSSR count).